The molecule has 0 saturated carbocycles. The number of aromatic nitrogens is 2. The van der Waals surface area contributed by atoms with Crippen molar-refractivity contribution in [1.29, 1.82) is 0 Å². The van der Waals surface area contributed by atoms with Crippen molar-refractivity contribution in [1.82, 2.24) is 15.3 Å². The Morgan fingerprint density at radius 2 is 1.94 bits per heavy atom. The third kappa shape index (κ3) is 3.11. The highest BCUT2D eigenvalue weighted by molar-refractivity contribution is 5.23. The van der Waals surface area contributed by atoms with E-state index in [9.17, 15) is 0 Å². The summed E-state index contributed by atoms with van der Waals surface area (Å²) in [7, 11) is 1.94. The van der Waals surface area contributed by atoms with Gasteiger partial charge in [-0.3, -0.25) is 0 Å². The van der Waals surface area contributed by atoms with Crippen molar-refractivity contribution in [3.63, 3.8) is 0 Å². The Morgan fingerprint density at radius 1 is 1.18 bits per heavy atom. The molecule has 1 atom stereocenters. The molecule has 3 heteroatoms. The fourth-order valence-electron chi connectivity index (χ4n) is 1.89. The lowest BCUT2D eigenvalue weighted by molar-refractivity contribution is 0.557. The maximum atomic E-state index is 4.29. The predicted octanol–water partition coefficient (Wildman–Crippen LogP) is 2.29. The Kier molecular flexibility index (Phi) is 3.83. The van der Waals surface area contributed by atoms with Gasteiger partial charge in [0.1, 0.15) is 5.82 Å². The highest BCUT2D eigenvalue weighted by Gasteiger charge is 2.12. The zero-order valence-electron chi connectivity index (χ0n) is 10.2. The van der Waals surface area contributed by atoms with Crippen molar-refractivity contribution in [2.45, 2.75) is 19.4 Å². The van der Waals surface area contributed by atoms with E-state index in [1.807, 2.05) is 13.1 Å². The monoisotopic (exact) mass is 227 g/mol. The van der Waals surface area contributed by atoms with Gasteiger partial charge in [-0.25, -0.2) is 9.97 Å². The standard InChI is InChI=1S/C14H17N3/c1-11-5-3-6-12(9-11)10-13(15-2)14-16-7-4-8-17-14/h3-9,13,15H,10H2,1-2H3. The van der Waals surface area contributed by atoms with E-state index in [4.69, 9.17) is 0 Å². The molecule has 3 nitrogen and oxygen atoms in total. The largest absolute Gasteiger partial charge is 0.310 e. The first-order valence-corrected chi connectivity index (χ1v) is 5.79. The summed E-state index contributed by atoms with van der Waals surface area (Å²) in [6, 6.07) is 10.5. The van der Waals surface area contributed by atoms with E-state index in [1.165, 1.54) is 11.1 Å². The number of likely N-dealkylation sites (N-methyl/N-ethyl adjacent to an activating group) is 1. The Hall–Kier alpha value is -1.74. The first-order valence-electron chi connectivity index (χ1n) is 5.79. The van der Waals surface area contributed by atoms with Gasteiger partial charge in [0.15, 0.2) is 0 Å². The summed E-state index contributed by atoms with van der Waals surface area (Å²) in [5.41, 5.74) is 2.59. The number of nitrogens with one attached hydrogen (secondary N) is 1. The molecule has 1 aromatic carbocycles. The fraction of sp³-hybridized carbons (Fsp3) is 0.286. The molecule has 0 radical (unpaired) electrons. The average molecular weight is 227 g/mol. The predicted molar refractivity (Wildman–Crippen MR) is 68.7 cm³/mol. The summed E-state index contributed by atoms with van der Waals surface area (Å²) in [4.78, 5) is 8.59. The molecular weight excluding hydrogens is 210 g/mol. The molecular formula is C14H17N3. The summed E-state index contributed by atoms with van der Waals surface area (Å²) in [6.07, 6.45) is 4.47. The van der Waals surface area contributed by atoms with Crippen molar-refractivity contribution >= 4 is 0 Å². The van der Waals surface area contributed by atoms with Gasteiger partial charge in [-0.15, -0.1) is 0 Å². The molecule has 2 aromatic rings. The highest BCUT2D eigenvalue weighted by Crippen LogP contribution is 2.15. The van der Waals surface area contributed by atoms with Crippen LogP contribution >= 0.6 is 0 Å². The van der Waals surface area contributed by atoms with Crippen LogP contribution in [0.15, 0.2) is 42.7 Å². The van der Waals surface area contributed by atoms with Gasteiger partial charge in [0, 0.05) is 12.4 Å². The number of nitrogens with zero attached hydrogens (tertiary/aromatic N) is 2. The molecule has 0 fully saturated rings. The van der Waals surface area contributed by atoms with Crippen LogP contribution in [-0.4, -0.2) is 17.0 Å². The van der Waals surface area contributed by atoms with Gasteiger partial charge in [-0.05, 0) is 32.0 Å². The minimum atomic E-state index is 0.165. The Balaban J connectivity index is 2.16. The van der Waals surface area contributed by atoms with Crippen molar-refractivity contribution in [3.05, 3.63) is 59.7 Å². The van der Waals surface area contributed by atoms with Gasteiger partial charge >= 0.3 is 0 Å². The lowest BCUT2D eigenvalue weighted by Gasteiger charge is -2.14. The van der Waals surface area contributed by atoms with Crippen LogP contribution in [-0.2, 0) is 6.42 Å². The third-order valence-electron chi connectivity index (χ3n) is 2.77. The Labute approximate surface area is 102 Å². The minimum absolute atomic E-state index is 0.165. The molecule has 0 aliphatic carbocycles. The second kappa shape index (κ2) is 5.55. The molecule has 0 spiro atoms. The summed E-state index contributed by atoms with van der Waals surface area (Å²) < 4.78 is 0. The summed E-state index contributed by atoms with van der Waals surface area (Å²) in [5.74, 6) is 0.844. The Bertz CT molecular complexity index is 468. The minimum Gasteiger partial charge on any atom is -0.310 e. The second-order valence-electron chi connectivity index (χ2n) is 4.14. The molecule has 0 saturated heterocycles. The van der Waals surface area contributed by atoms with Gasteiger partial charge in [0.2, 0.25) is 0 Å². The number of hydrogen-bond acceptors (Lipinski definition) is 3. The number of aryl methyl sites for hydroxylation is 1. The second-order valence-corrected chi connectivity index (χ2v) is 4.14. The molecule has 0 aliphatic heterocycles. The zero-order chi connectivity index (χ0) is 12.1. The number of hydrogen-bond donors (Lipinski definition) is 1. The molecule has 1 heterocycles. The van der Waals surface area contributed by atoms with Crippen molar-refractivity contribution < 1.29 is 0 Å². The number of rotatable bonds is 4. The maximum Gasteiger partial charge on any atom is 0.145 e. The van der Waals surface area contributed by atoms with E-state index < -0.39 is 0 Å². The van der Waals surface area contributed by atoms with Crippen LogP contribution in [0.1, 0.15) is 23.0 Å². The van der Waals surface area contributed by atoms with Gasteiger partial charge in [-0.2, -0.15) is 0 Å². The Morgan fingerprint density at radius 3 is 2.59 bits per heavy atom. The SMILES string of the molecule is CNC(Cc1cccc(C)c1)c1ncccn1. The third-order valence-corrected chi connectivity index (χ3v) is 2.77. The van der Waals surface area contributed by atoms with Crippen molar-refractivity contribution in [3.8, 4) is 0 Å². The molecule has 1 unspecified atom stereocenters. The van der Waals surface area contributed by atoms with E-state index in [1.54, 1.807) is 12.4 Å². The van der Waals surface area contributed by atoms with E-state index in [0.717, 1.165) is 12.2 Å². The van der Waals surface area contributed by atoms with E-state index in [-0.39, 0.29) is 6.04 Å². The lowest BCUT2D eigenvalue weighted by Crippen LogP contribution is -2.21. The van der Waals surface area contributed by atoms with Crippen molar-refractivity contribution in [2.24, 2.45) is 0 Å². The molecule has 1 N–H and O–H groups in total. The van der Waals surface area contributed by atoms with Crippen LogP contribution in [0.25, 0.3) is 0 Å². The van der Waals surface area contributed by atoms with Crippen LogP contribution < -0.4 is 5.32 Å². The maximum absolute atomic E-state index is 4.29. The summed E-state index contributed by atoms with van der Waals surface area (Å²) in [5, 5.41) is 3.26. The molecule has 0 amide bonds. The van der Waals surface area contributed by atoms with Gasteiger partial charge in [0.25, 0.3) is 0 Å². The first kappa shape index (κ1) is 11.7. The topological polar surface area (TPSA) is 37.8 Å². The molecule has 17 heavy (non-hydrogen) atoms. The smallest absolute Gasteiger partial charge is 0.145 e. The lowest BCUT2D eigenvalue weighted by atomic mass is 10.0. The number of benzene rings is 1. The van der Waals surface area contributed by atoms with Crippen LogP contribution in [0.5, 0.6) is 0 Å². The van der Waals surface area contributed by atoms with Crippen LogP contribution in [0.3, 0.4) is 0 Å². The zero-order valence-corrected chi connectivity index (χ0v) is 10.2. The van der Waals surface area contributed by atoms with Gasteiger partial charge in [-0.1, -0.05) is 29.8 Å². The molecule has 1 aromatic heterocycles. The van der Waals surface area contributed by atoms with Crippen LogP contribution in [0, 0.1) is 6.92 Å². The van der Waals surface area contributed by atoms with Crippen LogP contribution in [0.2, 0.25) is 0 Å². The summed E-state index contributed by atoms with van der Waals surface area (Å²) in [6.45, 7) is 2.11. The average Bonchev–Trinajstić information content (AvgIpc) is 2.37. The van der Waals surface area contributed by atoms with Crippen molar-refractivity contribution in [2.75, 3.05) is 7.05 Å². The van der Waals surface area contributed by atoms with E-state index in [0.29, 0.717) is 0 Å². The van der Waals surface area contributed by atoms with Gasteiger partial charge in [0.05, 0.1) is 6.04 Å². The van der Waals surface area contributed by atoms with E-state index >= 15 is 0 Å². The normalized spacial score (nSPS) is 12.4. The molecule has 0 aliphatic rings. The fourth-order valence-corrected chi connectivity index (χ4v) is 1.89. The highest BCUT2D eigenvalue weighted by atomic mass is 15.0. The first-order chi connectivity index (χ1) is 8.29. The molecule has 2 rings (SSSR count). The molecule has 0 bridgehead atoms. The van der Waals surface area contributed by atoms with E-state index in [2.05, 4.69) is 46.5 Å². The summed E-state index contributed by atoms with van der Waals surface area (Å²) >= 11 is 0. The van der Waals surface area contributed by atoms with Crippen LogP contribution in [0.4, 0.5) is 0 Å². The molecule has 88 valence electrons. The quantitative estimate of drug-likeness (QED) is 0.870. The van der Waals surface area contributed by atoms with Gasteiger partial charge < -0.3 is 5.32 Å².